The number of pyridine rings is 1. The second-order valence-electron chi connectivity index (χ2n) is 8.94. The first-order valence-electron chi connectivity index (χ1n) is 11.6. The van der Waals surface area contributed by atoms with Gasteiger partial charge in [-0.25, -0.2) is 22.8 Å². The number of ether oxygens (including phenoxy) is 1. The Bertz CT molecular complexity index is 1360. The smallest absolute Gasteiger partial charge is 0.391 e. The minimum atomic E-state index is -4.34. The highest BCUT2D eigenvalue weighted by Crippen LogP contribution is 2.48. The van der Waals surface area contributed by atoms with E-state index in [0.29, 0.717) is 17.7 Å². The summed E-state index contributed by atoms with van der Waals surface area (Å²) in [7, 11) is -4.34. The van der Waals surface area contributed by atoms with E-state index in [2.05, 4.69) is 19.7 Å². The van der Waals surface area contributed by atoms with Gasteiger partial charge in [0.15, 0.2) is 0 Å². The van der Waals surface area contributed by atoms with Crippen molar-refractivity contribution in [3.63, 3.8) is 0 Å². The zero-order valence-corrected chi connectivity index (χ0v) is 20.2. The minimum absolute atomic E-state index is 0.0309. The fourth-order valence-electron chi connectivity index (χ4n) is 4.98. The number of halogens is 4. The SMILES string of the molecule is O=S(=O)(Nc1ccncn1)c1cc2c(cc1F)[C@@H](N1CC[C@@H](C(F)(F)F)C[C@H]1c1ccccn1)CCO2. The van der Waals surface area contributed by atoms with E-state index in [0.717, 1.165) is 18.5 Å². The molecule has 196 valence electrons. The third-order valence-corrected chi connectivity index (χ3v) is 8.09. The molecule has 1 aromatic carbocycles. The average molecular weight is 538 g/mol. The van der Waals surface area contributed by atoms with Crippen LogP contribution in [0.1, 0.15) is 42.6 Å². The zero-order valence-electron chi connectivity index (χ0n) is 19.4. The quantitative estimate of drug-likeness (QED) is 0.473. The Labute approximate surface area is 210 Å². The van der Waals surface area contributed by atoms with E-state index in [-0.39, 0.29) is 37.6 Å². The van der Waals surface area contributed by atoms with Crippen LogP contribution in [0.4, 0.5) is 23.4 Å². The van der Waals surface area contributed by atoms with E-state index in [9.17, 15) is 21.6 Å². The van der Waals surface area contributed by atoms with E-state index >= 15 is 4.39 Å². The number of alkyl halides is 3. The number of benzene rings is 1. The van der Waals surface area contributed by atoms with Crippen LogP contribution in [0, 0.1) is 11.7 Å². The second kappa shape index (κ2) is 9.86. The van der Waals surface area contributed by atoms with Crippen molar-refractivity contribution in [2.45, 2.75) is 42.4 Å². The summed E-state index contributed by atoms with van der Waals surface area (Å²) >= 11 is 0. The highest BCUT2D eigenvalue weighted by atomic mass is 32.2. The van der Waals surface area contributed by atoms with Gasteiger partial charge in [-0.15, -0.1) is 0 Å². The van der Waals surface area contributed by atoms with E-state index in [4.69, 9.17) is 4.74 Å². The summed E-state index contributed by atoms with van der Waals surface area (Å²) in [5.74, 6) is -2.35. The molecule has 2 aromatic heterocycles. The van der Waals surface area contributed by atoms with Crippen LogP contribution in [0.5, 0.6) is 5.75 Å². The van der Waals surface area contributed by atoms with Crippen LogP contribution < -0.4 is 9.46 Å². The molecule has 1 fully saturated rings. The molecule has 8 nitrogen and oxygen atoms in total. The first-order valence-corrected chi connectivity index (χ1v) is 13.1. The zero-order chi connectivity index (χ0) is 26.2. The minimum Gasteiger partial charge on any atom is -0.493 e. The van der Waals surface area contributed by atoms with Gasteiger partial charge in [0.25, 0.3) is 10.0 Å². The van der Waals surface area contributed by atoms with Gasteiger partial charge in [0, 0.05) is 43.0 Å². The van der Waals surface area contributed by atoms with Crippen molar-refractivity contribution < 1.29 is 30.7 Å². The molecular formula is C24H23F4N5O3S. The molecule has 0 spiro atoms. The topological polar surface area (TPSA) is 97.3 Å². The van der Waals surface area contributed by atoms with Crippen molar-refractivity contribution in [3.8, 4) is 5.75 Å². The molecule has 5 rings (SSSR count). The Morgan fingerprint density at radius 1 is 1.05 bits per heavy atom. The largest absolute Gasteiger partial charge is 0.493 e. The summed E-state index contributed by atoms with van der Waals surface area (Å²) in [6.07, 6.45) is -0.195. The number of nitrogens with one attached hydrogen (secondary N) is 1. The number of hydrogen-bond donors (Lipinski definition) is 1. The predicted octanol–water partition coefficient (Wildman–Crippen LogP) is 4.65. The highest BCUT2D eigenvalue weighted by Gasteiger charge is 2.47. The summed E-state index contributed by atoms with van der Waals surface area (Å²) < 4.78 is 89.8. The van der Waals surface area contributed by atoms with Crippen LogP contribution in [-0.2, 0) is 10.0 Å². The lowest BCUT2D eigenvalue weighted by atomic mass is 9.85. The molecule has 0 radical (unpaired) electrons. The molecular weight excluding hydrogens is 514 g/mol. The fourth-order valence-corrected chi connectivity index (χ4v) is 6.07. The van der Waals surface area contributed by atoms with E-state index in [1.54, 1.807) is 18.2 Å². The van der Waals surface area contributed by atoms with Crippen molar-refractivity contribution >= 4 is 15.8 Å². The van der Waals surface area contributed by atoms with Crippen LogP contribution in [0.25, 0.3) is 0 Å². The van der Waals surface area contributed by atoms with Gasteiger partial charge in [0.2, 0.25) is 0 Å². The molecule has 2 aliphatic heterocycles. The van der Waals surface area contributed by atoms with Crippen molar-refractivity contribution in [2.75, 3.05) is 17.9 Å². The number of nitrogens with zero attached hydrogens (tertiary/aromatic N) is 4. The van der Waals surface area contributed by atoms with Crippen LogP contribution in [0.15, 0.2) is 60.0 Å². The maximum absolute atomic E-state index is 15.3. The summed E-state index contributed by atoms with van der Waals surface area (Å²) in [6, 6.07) is 7.49. The number of hydrogen-bond acceptors (Lipinski definition) is 7. The number of anilines is 1. The van der Waals surface area contributed by atoms with Crippen LogP contribution in [0.3, 0.4) is 0 Å². The maximum atomic E-state index is 15.3. The van der Waals surface area contributed by atoms with Crippen molar-refractivity contribution in [1.29, 1.82) is 0 Å². The van der Waals surface area contributed by atoms with E-state index in [1.165, 1.54) is 18.5 Å². The molecule has 0 aliphatic carbocycles. The van der Waals surface area contributed by atoms with Crippen molar-refractivity contribution in [1.82, 2.24) is 19.9 Å². The number of rotatable bonds is 5. The average Bonchev–Trinajstić information content (AvgIpc) is 2.88. The molecule has 0 bridgehead atoms. The fraction of sp³-hybridized carbons (Fsp3) is 0.375. The third-order valence-electron chi connectivity index (χ3n) is 6.72. The molecule has 4 heterocycles. The number of fused-ring (bicyclic) bond motifs is 1. The Morgan fingerprint density at radius 3 is 2.59 bits per heavy atom. The Hall–Kier alpha value is -3.32. The molecule has 0 amide bonds. The lowest BCUT2D eigenvalue weighted by Crippen LogP contribution is -2.44. The standard InChI is InChI=1S/C24H23F4N5O3S/c25-17-12-16-19(33-9-5-15(24(26,27)28)11-20(33)18-3-1-2-7-30-18)6-10-36-21(16)13-22(17)37(34,35)32-23-4-8-29-14-31-23/h1-4,7-8,12-15,19-20H,5-6,9-11H2,(H,29,31,32)/t15-,19+,20+/m1/s1. The third kappa shape index (κ3) is 5.23. The van der Waals surface area contributed by atoms with E-state index < -0.39 is 44.9 Å². The molecule has 13 heteroatoms. The van der Waals surface area contributed by atoms with Gasteiger partial charge in [-0.2, -0.15) is 13.2 Å². The molecule has 0 saturated carbocycles. The number of piperidine rings is 1. The number of sulfonamides is 1. The number of likely N-dealkylation sites (tertiary alicyclic amines) is 1. The van der Waals surface area contributed by atoms with Gasteiger partial charge >= 0.3 is 6.18 Å². The lowest BCUT2D eigenvalue weighted by Gasteiger charge is -2.45. The van der Waals surface area contributed by atoms with Gasteiger partial charge in [0.05, 0.1) is 24.3 Å². The van der Waals surface area contributed by atoms with Crippen molar-refractivity contribution in [2.24, 2.45) is 5.92 Å². The first kappa shape index (κ1) is 25.3. The Morgan fingerprint density at radius 2 is 1.89 bits per heavy atom. The monoisotopic (exact) mass is 537 g/mol. The predicted molar refractivity (Wildman–Crippen MR) is 125 cm³/mol. The van der Waals surface area contributed by atoms with Gasteiger partial charge in [0.1, 0.15) is 28.6 Å². The summed E-state index contributed by atoms with van der Waals surface area (Å²) in [4.78, 5) is 13.1. The van der Waals surface area contributed by atoms with Gasteiger partial charge in [-0.05, 0) is 37.1 Å². The maximum Gasteiger partial charge on any atom is 0.391 e. The molecule has 3 aromatic rings. The van der Waals surface area contributed by atoms with E-state index in [1.807, 2.05) is 4.90 Å². The van der Waals surface area contributed by atoms with Gasteiger partial charge in [-0.3, -0.25) is 14.6 Å². The summed E-state index contributed by atoms with van der Waals surface area (Å²) in [5.41, 5.74) is 0.884. The molecule has 2 aliphatic rings. The van der Waals surface area contributed by atoms with Crippen LogP contribution in [-0.4, -0.2) is 47.6 Å². The molecule has 37 heavy (non-hydrogen) atoms. The normalized spacial score (nSPS) is 22.6. The lowest BCUT2D eigenvalue weighted by molar-refractivity contribution is -0.192. The number of aromatic nitrogens is 3. The Balaban J connectivity index is 1.49. The van der Waals surface area contributed by atoms with Crippen LogP contribution in [0.2, 0.25) is 0 Å². The second-order valence-corrected chi connectivity index (χ2v) is 10.6. The molecule has 1 N–H and O–H groups in total. The summed E-state index contributed by atoms with van der Waals surface area (Å²) in [5, 5.41) is 0. The van der Waals surface area contributed by atoms with Gasteiger partial charge in [-0.1, -0.05) is 6.07 Å². The summed E-state index contributed by atoms with van der Waals surface area (Å²) in [6.45, 7) is 0.308. The van der Waals surface area contributed by atoms with Crippen molar-refractivity contribution in [3.05, 3.63) is 72.2 Å². The molecule has 3 atom stereocenters. The molecule has 0 unspecified atom stereocenters. The van der Waals surface area contributed by atoms with Gasteiger partial charge < -0.3 is 4.74 Å². The van der Waals surface area contributed by atoms with Crippen LogP contribution >= 0.6 is 0 Å². The first-order chi connectivity index (χ1) is 17.6. The molecule has 1 saturated heterocycles. The highest BCUT2D eigenvalue weighted by molar-refractivity contribution is 7.92. The Kier molecular flexibility index (Phi) is 6.75.